The second-order valence-electron chi connectivity index (χ2n) is 5.59. The Labute approximate surface area is 125 Å². The lowest BCUT2D eigenvalue weighted by Crippen LogP contribution is -2.44. The van der Waals surface area contributed by atoms with Gasteiger partial charge in [-0.05, 0) is 44.0 Å². The highest BCUT2D eigenvalue weighted by molar-refractivity contribution is 5.96. The van der Waals surface area contributed by atoms with Crippen molar-refractivity contribution >= 4 is 11.8 Å². The van der Waals surface area contributed by atoms with Gasteiger partial charge in [-0.15, -0.1) is 0 Å². The summed E-state index contributed by atoms with van der Waals surface area (Å²) in [6.07, 6.45) is 2.30. The number of benzene rings is 1. The van der Waals surface area contributed by atoms with E-state index in [4.69, 9.17) is 5.73 Å². The lowest BCUT2D eigenvalue weighted by Gasteiger charge is -2.30. The van der Waals surface area contributed by atoms with Crippen molar-refractivity contribution in [3.8, 4) is 0 Å². The highest BCUT2D eigenvalue weighted by Crippen LogP contribution is 2.15. The van der Waals surface area contributed by atoms with Crippen LogP contribution in [0, 0.1) is 5.92 Å². The summed E-state index contributed by atoms with van der Waals surface area (Å²) in [5, 5.41) is 2.46. The molecule has 0 radical (unpaired) electrons. The van der Waals surface area contributed by atoms with Crippen LogP contribution in [0.5, 0.6) is 0 Å². The molecule has 1 aromatic rings. The Hall–Kier alpha value is -1.72. The third-order valence-corrected chi connectivity index (χ3v) is 3.89. The minimum Gasteiger partial charge on any atom is -0.330 e. The molecule has 0 atom stereocenters. The van der Waals surface area contributed by atoms with Crippen molar-refractivity contribution in [2.24, 2.45) is 11.7 Å². The Bertz CT molecular complexity index is 468. The highest BCUT2D eigenvalue weighted by atomic mass is 16.2. The first-order valence-electron chi connectivity index (χ1n) is 7.46. The molecule has 1 heterocycles. The number of rotatable bonds is 5. The van der Waals surface area contributed by atoms with Crippen LogP contribution in [0.15, 0.2) is 30.3 Å². The van der Waals surface area contributed by atoms with Crippen molar-refractivity contribution < 1.29 is 9.59 Å². The molecule has 5 nitrogen and oxygen atoms in total. The average molecular weight is 289 g/mol. The first kappa shape index (κ1) is 15.7. The molecule has 1 aliphatic heterocycles. The Morgan fingerprint density at radius 3 is 2.43 bits per heavy atom. The molecule has 3 N–H and O–H groups in total. The van der Waals surface area contributed by atoms with Gasteiger partial charge in [-0.3, -0.25) is 19.8 Å². The monoisotopic (exact) mass is 289 g/mol. The molecule has 1 saturated heterocycles. The second kappa shape index (κ2) is 7.90. The first-order chi connectivity index (χ1) is 10.2. The molecule has 21 heavy (non-hydrogen) atoms. The summed E-state index contributed by atoms with van der Waals surface area (Å²) < 4.78 is 0. The van der Waals surface area contributed by atoms with Gasteiger partial charge in [0, 0.05) is 0 Å². The molecule has 0 aliphatic carbocycles. The zero-order valence-corrected chi connectivity index (χ0v) is 12.3. The van der Waals surface area contributed by atoms with Crippen LogP contribution in [-0.2, 0) is 16.0 Å². The van der Waals surface area contributed by atoms with Crippen LogP contribution in [0.1, 0.15) is 18.4 Å². The predicted octanol–water partition coefficient (Wildman–Crippen LogP) is 0.543. The van der Waals surface area contributed by atoms with Crippen molar-refractivity contribution in [1.82, 2.24) is 10.2 Å². The SMILES string of the molecule is NCC1CCN(CC(=O)NC(=O)Cc2ccccc2)CC1. The average Bonchev–Trinajstić information content (AvgIpc) is 2.48. The third-order valence-electron chi connectivity index (χ3n) is 3.89. The second-order valence-corrected chi connectivity index (χ2v) is 5.59. The summed E-state index contributed by atoms with van der Waals surface area (Å²) in [7, 11) is 0. The van der Waals surface area contributed by atoms with Gasteiger partial charge in [0.15, 0.2) is 0 Å². The van der Waals surface area contributed by atoms with Crippen molar-refractivity contribution in [1.29, 1.82) is 0 Å². The third kappa shape index (κ3) is 5.28. The van der Waals surface area contributed by atoms with Gasteiger partial charge in [0.05, 0.1) is 13.0 Å². The summed E-state index contributed by atoms with van der Waals surface area (Å²) >= 11 is 0. The number of amides is 2. The highest BCUT2D eigenvalue weighted by Gasteiger charge is 2.20. The van der Waals surface area contributed by atoms with E-state index in [-0.39, 0.29) is 24.8 Å². The molecule has 2 rings (SSSR count). The molecule has 114 valence electrons. The van der Waals surface area contributed by atoms with Crippen molar-refractivity contribution in [2.75, 3.05) is 26.2 Å². The fraction of sp³-hybridized carbons (Fsp3) is 0.500. The number of nitrogens with one attached hydrogen (secondary N) is 1. The largest absolute Gasteiger partial charge is 0.330 e. The molecule has 0 aromatic heterocycles. The lowest BCUT2D eigenvalue weighted by atomic mass is 9.97. The predicted molar refractivity (Wildman–Crippen MR) is 81.5 cm³/mol. The first-order valence-corrected chi connectivity index (χ1v) is 7.46. The van der Waals surface area contributed by atoms with E-state index in [1.54, 1.807) is 0 Å². The molecule has 5 heteroatoms. The van der Waals surface area contributed by atoms with Crippen LogP contribution in [0.3, 0.4) is 0 Å². The minimum atomic E-state index is -0.247. The molecule has 0 bridgehead atoms. The molecular weight excluding hydrogens is 266 g/mol. The Morgan fingerprint density at radius 1 is 1.14 bits per heavy atom. The number of nitrogens with zero attached hydrogens (tertiary/aromatic N) is 1. The van der Waals surface area contributed by atoms with E-state index in [1.807, 2.05) is 30.3 Å². The Balaban J connectivity index is 1.71. The maximum atomic E-state index is 11.9. The van der Waals surface area contributed by atoms with Gasteiger partial charge in [0.25, 0.3) is 0 Å². The van der Waals surface area contributed by atoms with Crippen LogP contribution in [-0.4, -0.2) is 42.9 Å². The Kier molecular flexibility index (Phi) is 5.90. The number of likely N-dealkylation sites (tertiary alicyclic amines) is 1. The molecular formula is C16H23N3O2. The maximum Gasteiger partial charge on any atom is 0.240 e. The molecule has 2 amide bonds. The van der Waals surface area contributed by atoms with Gasteiger partial charge in [-0.2, -0.15) is 0 Å². The number of carbonyl (C=O) groups is 2. The topological polar surface area (TPSA) is 75.4 Å². The minimum absolute atomic E-state index is 0.220. The summed E-state index contributed by atoms with van der Waals surface area (Å²) in [4.78, 5) is 25.7. The zero-order valence-electron chi connectivity index (χ0n) is 12.3. The Morgan fingerprint density at radius 2 is 1.81 bits per heavy atom. The molecule has 0 spiro atoms. The number of hydrogen-bond acceptors (Lipinski definition) is 4. The van der Waals surface area contributed by atoms with Gasteiger partial charge in [-0.25, -0.2) is 0 Å². The number of imide groups is 1. The van der Waals surface area contributed by atoms with E-state index in [0.29, 0.717) is 5.92 Å². The quantitative estimate of drug-likeness (QED) is 0.830. The van der Waals surface area contributed by atoms with Crippen molar-refractivity contribution in [3.05, 3.63) is 35.9 Å². The number of piperidine rings is 1. The lowest BCUT2D eigenvalue weighted by molar-refractivity contribution is -0.130. The van der Waals surface area contributed by atoms with Crippen LogP contribution in [0.25, 0.3) is 0 Å². The number of hydrogen-bond donors (Lipinski definition) is 2. The number of nitrogens with two attached hydrogens (primary N) is 1. The van der Waals surface area contributed by atoms with E-state index in [2.05, 4.69) is 10.2 Å². The van der Waals surface area contributed by atoms with E-state index >= 15 is 0 Å². The molecule has 1 fully saturated rings. The van der Waals surface area contributed by atoms with E-state index in [0.717, 1.165) is 38.0 Å². The fourth-order valence-corrected chi connectivity index (χ4v) is 2.60. The summed E-state index contributed by atoms with van der Waals surface area (Å²) in [5.74, 6) is 0.106. The molecule has 0 saturated carbocycles. The normalized spacial score (nSPS) is 16.6. The zero-order chi connectivity index (χ0) is 15.1. The van der Waals surface area contributed by atoms with E-state index in [1.165, 1.54) is 0 Å². The molecule has 1 aromatic carbocycles. The van der Waals surface area contributed by atoms with Crippen LogP contribution >= 0.6 is 0 Å². The smallest absolute Gasteiger partial charge is 0.240 e. The van der Waals surface area contributed by atoms with Gasteiger partial charge < -0.3 is 5.73 Å². The standard InChI is InChI=1S/C16H23N3O2/c17-11-14-6-8-19(9-7-14)12-16(21)18-15(20)10-13-4-2-1-3-5-13/h1-5,14H,6-12,17H2,(H,18,20,21). The van der Waals surface area contributed by atoms with Crippen molar-refractivity contribution in [2.45, 2.75) is 19.3 Å². The van der Waals surface area contributed by atoms with E-state index < -0.39 is 0 Å². The van der Waals surface area contributed by atoms with Gasteiger partial charge in [0.2, 0.25) is 11.8 Å². The van der Waals surface area contributed by atoms with Crippen LogP contribution in [0.4, 0.5) is 0 Å². The van der Waals surface area contributed by atoms with Crippen LogP contribution in [0.2, 0.25) is 0 Å². The molecule has 1 aliphatic rings. The van der Waals surface area contributed by atoms with E-state index in [9.17, 15) is 9.59 Å². The number of carbonyl (C=O) groups excluding carboxylic acids is 2. The molecule has 0 unspecified atom stereocenters. The van der Waals surface area contributed by atoms with Crippen LogP contribution < -0.4 is 11.1 Å². The summed E-state index contributed by atoms with van der Waals surface area (Å²) in [6.45, 7) is 2.76. The van der Waals surface area contributed by atoms with Gasteiger partial charge >= 0.3 is 0 Å². The maximum absolute atomic E-state index is 11.9. The fourth-order valence-electron chi connectivity index (χ4n) is 2.60. The van der Waals surface area contributed by atoms with Crippen molar-refractivity contribution in [3.63, 3.8) is 0 Å². The summed E-state index contributed by atoms with van der Waals surface area (Å²) in [6, 6.07) is 9.42. The van der Waals surface area contributed by atoms with Gasteiger partial charge in [0.1, 0.15) is 0 Å². The summed E-state index contributed by atoms with van der Waals surface area (Å²) in [5.41, 5.74) is 6.56. The van der Waals surface area contributed by atoms with Gasteiger partial charge in [-0.1, -0.05) is 30.3 Å².